The van der Waals surface area contributed by atoms with Crippen LogP contribution in [0.5, 0.6) is 0 Å². The zero-order valence-corrected chi connectivity index (χ0v) is 19.9. The lowest BCUT2D eigenvalue weighted by Gasteiger charge is -2.31. The second-order valence-electron chi connectivity index (χ2n) is 6.88. The van der Waals surface area contributed by atoms with Crippen LogP contribution in [-0.2, 0) is 4.74 Å². The van der Waals surface area contributed by atoms with Crippen molar-refractivity contribution in [1.29, 1.82) is 0 Å². The summed E-state index contributed by atoms with van der Waals surface area (Å²) in [6.45, 7) is 9.68. The van der Waals surface area contributed by atoms with Crippen molar-refractivity contribution in [3.63, 3.8) is 0 Å². The van der Waals surface area contributed by atoms with Crippen molar-refractivity contribution < 1.29 is 9.84 Å². The van der Waals surface area contributed by atoms with E-state index in [1.54, 1.807) is 18.4 Å². The number of ether oxygens (including phenoxy) is 1. The van der Waals surface area contributed by atoms with E-state index in [2.05, 4.69) is 51.2 Å². The molecule has 1 fully saturated rings. The molecule has 0 aliphatic carbocycles. The molecule has 0 amide bonds. The van der Waals surface area contributed by atoms with Crippen molar-refractivity contribution in [2.45, 2.75) is 32.7 Å². The van der Waals surface area contributed by atoms with E-state index in [1.807, 2.05) is 0 Å². The molecule has 1 saturated heterocycles. The van der Waals surface area contributed by atoms with Gasteiger partial charge in [0.1, 0.15) is 0 Å². The van der Waals surface area contributed by atoms with Crippen LogP contribution in [0.25, 0.3) is 0 Å². The molecule has 0 aromatic carbocycles. The molecule has 2 heterocycles. The largest absolute Gasteiger partial charge is 0.396 e. The number of halogens is 1. The Hall–Kier alpha value is -0.420. The maximum absolute atomic E-state index is 9.38. The molecule has 8 heteroatoms. The summed E-state index contributed by atoms with van der Waals surface area (Å²) in [5.41, 5.74) is 1.36. The van der Waals surface area contributed by atoms with Gasteiger partial charge in [0.2, 0.25) is 0 Å². The molecule has 2 unspecified atom stereocenters. The highest BCUT2D eigenvalue weighted by Crippen LogP contribution is 2.31. The molecule has 1 aromatic heterocycles. The SMILES string of the molecule is CCN(CC)C(CNC(=NC)NCC1(CCO)CCOC1)c1ccsc1.I. The standard InChI is InChI=1S/C19H34N4O2S.HI/c1-4-23(5-2)17(16-6-11-26-13-16)12-21-18(20-3)22-14-19(7-9-24)8-10-25-15-19;/h6,11,13,17,24H,4-5,7-10,12,14-15H2,1-3H3,(H2,20,21,22);1H. The molecule has 2 rings (SSSR count). The second-order valence-corrected chi connectivity index (χ2v) is 7.66. The Morgan fingerprint density at radius 1 is 1.41 bits per heavy atom. The van der Waals surface area contributed by atoms with Gasteiger partial charge in [0.25, 0.3) is 0 Å². The van der Waals surface area contributed by atoms with E-state index in [0.717, 1.165) is 51.6 Å². The summed E-state index contributed by atoms with van der Waals surface area (Å²) < 4.78 is 5.57. The first kappa shape index (κ1) is 24.6. The third-order valence-electron chi connectivity index (χ3n) is 5.33. The Morgan fingerprint density at radius 3 is 2.70 bits per heavy atom. The van der Waals surface area contributed by atoms with Crippen LogP contribution in [0.3, 0.4) is 0 Å². The first-order valence-corrected chi connectivity index (χ1v) is 10.5. The highest BCUT2D eigenvalue weighted by molar-refractivity contribution is 14.0. The number of nitrogens with one attached hydrogen (secondary N) is 2. The van der Waals surface area contributed by atoms with Crippen LogP contribution in [0.4, 0.5) is 0 Å². The number of aliphatic hydroxyl groups is 1. The number of guanidine groups is 1. The Morgan fingerprint density at radius 2 is 2.19 bits per heavy atom. The fourth-order valence-corrected chi connectivity index (χ4v) is 4.29. The van der Waals surface area contributed by atoms with Crippen molar-refractivity contribution in [3.05, 3.63) is 22.4 Å². The van der Waals surface area contributed by atoms with E-state index in [0.29, 0.717) is 12.6 Å². The molecule has 1 aliphatic rings. The first-order chi connectivity index (χ1) is 12.7. The maximum atomic E-state index is 9.38. The molecule has 0 saturated carbocycles. The molecule has 2 atom stereocenters. The zero-order chi connectivity index (χ0) is 18.8. The quantitative estimate of drug-likeness (QED) is 0.257. The van der Waals surface area contributed by atoms with Crippen LogP contribution in [0, 0.1) is 5.41 Å². The molecule has 0 radical (unpaired) electrons. The van der Waals surface area contributed by atoms with Crippen molar-refractivity contribution in [2.24, 2.45) is 10.4 Å². The number of hydrogen-bond acceptors (Lipinski definition) is 5. The summed E-state index contributed by atoms with van der Waals surface area (Å²) in [5.74, 6) is 0.807. The van der Waals surface area contributed by atoms with Crippen LogP contribution in [0.2, 0.25) is 0 Å². The topological polar surface area (TPSA) is 69.1 Å². The fourth-order valence-electron chi connectivity index (χ4n) is 3.58. The Labute approximate surface area is 184 Å². The average Bonchev–Trinajstić information content (AvgIpc) is 3.34. The monoisotopic (exact) mass is 510 g/mol. The van der Waals surface area contributed by atoms with E-state index in [4.69, 9.17) is 4.74 Å². The number of likely N-dealkylation sites (N-methyl/N-ethyl adjacent to an activating group) is 1. The van der Waals surface area contributed by atoms with Crippen LogP contribution < -0.4 is 10.6 Å². The normalized spacial score (nSPS) is 21.1. The van der Waals surface area contributed by atoms with Gasteiger partial charge in [-0.25, -0.2) is 0 Å². The van der Waals surface area contributed by atoms with E-state index in [9.17, 15) is 5.11 Å². The van der Waals surface area contributed by atoms with Gasteiger partial charge in [-0.15, -0.1) is 24.0 Å². The first-order valence-electron chi connectivity index (χ1n) is 9.57. The summed E-state index contributed by atoms with van der Waals surface area (Å²) >= 11 is 1.74. The maximum Gasteiger partial charge on any atom is 0.191 e. The minimum atomic E-state index is 0. The van der Waals surface area contributed by atoms with E-state index in [-0.39, 0.29) is 36.0 Å². The van der Waals surface area contributed by atoms with Crippen LogP contribution in [0.1, 0.15) is 38.3 Å². The Balaban J connectivity index is 0.00000364. The number of aliphatic hydroxyl groups excluding tert-OH is 1. The summed E-state index contributed by atoms with van der Waals surface area (Å²) in [6, 6.07) is 2.54. The van der Waals surface area contributed by atoms with Crippen molar-refractivity contribution in [1.82, 2.24) is 15.5 Å². The molecule has 0 bridgehead atoms. The summed E-state index contributed by atoms with van der Waals surface area (Å²) in [6.07, 6.45) is 1.74. The van der Waals surface area contributed by atoms with E-state index < -0.39 is 0 Å². The lowest BCUT2D eigenvalue weighted by molar-refractivity contribution is 0.127. The third kappa shape index (κ3) is 7.16. The van der Waals surface area contributed by atoms with Crippen LogP contribution in [-0.4, -0.2) is 69.0 Å². The molecule has 156 valence electrons. The minimum absolute atomic E-state index is 0. The predicted molar refractivity (Wildman–Crippen MR) is 124 cm³/mol. The lowest BCUT2D eigenvalue weighted by Crippen LogP contribution is -2.47. The lowest BCUT2D eigenvalue weighted by atomic mass is 9.84. The second kappa shape index (κ2) is 12.9. The molecule has 0 spiro atoms. The Bertz CT molecular complexity index is 532. The predicted octanol–water partition coefficient (Wildman–Crippen LogP) is 2.70. The van der Waals surface area contributed by atoms with Gasteiger partial charge in [-0.05, 0) is 48.3 Å². The van der Waals surface area contributed by atoms with Crippen LogP contribution in [0.15, 0.2) is 21.8 Å². The zero-order valence-electron chi connectivity index (χ0n) is 16.7. The molecule has 1 aromatic rings. The number of aliphatic imine (C=N–C) groups is 1. The molecule has 1 aliphatic heterocycles. The van der Waals surface area contributed by atoms with Gasteiger partial charge in [0, 0.05) is 38.8 Å². The summed E-state index contributed by atoms with van der Waals surface area (Å²) in [4.78, 5) is 6.84. The molecular weight excluding hydrogens is 475 g/mol. The van der Waals surface area contributed by atoms with Gasteiger partial charge in [-0.3, -0.25) is 9.89 Å². The smallest absolute Gasteiger partial charge is 0.191 e. The van der Waals surface area contributed by atoms with Gasteiger partial charge in [-0.2, -0.15) is 11.3 Å². The average molecular weight is 510 g/mol. The molecule has 27 heavy (non-hydrogen) atoms. The molecule has 3 N–H and O–H groups in total. The van der Waals surface area contributed by atoms with Gasteiger partial charge >= 0.3 is 0 Å². The minimum Gasteiger partial charge on any atom is -0.396 e. The molecule has 6 nitrogen and oxygen atoms in total. The number of thiophene rings is 1. The van der Waals surface area contributed by atoms with Crippen molar-refractivity contribution in [3.8, 4) is 0 Å². The summed E-state index contributed by atoms with van der Waals surface area (Å²) in [5, 5.41) is 20.7. The highest BCUT2D eigenvalue weighted by Gasteiger charge is 2.34. The van der Waals surface area contributed by atoms with Gasteiger partial charge in [-0.1, -0.05) is 13.8 Å². The van der Waals surface area contributed by atoms with Crippen molar-refractivity contribution in [2.75, 3.05) is 53.0 Å². The summed E-state index contributed by atoms with van der Waals surface area (Å²) in [7, 11) is 1.80. The number of rotatable bonds is 10. The number of hydrogen-bond donors (Lipinski definition) is 3. The molecular formula is C19H35IN4O2S. The van der Waals surface area contributed by atoms with Gasteiger partial charge < -0.3 is 20.5 Å². The highest BCUT2D eigenvalue weighted by atomic mass is 127. The number of nitrogens with zero attached hydrogens (tertiary/aromatic N) is 2. The van der Waals surface area contributed by atoms with Crippen LogP contribution >= 0.6 is 35.3 Å². The Kier molecular flexibility index (Phi) is 11.8. The van der Waals surface area contributed by atoms with Gasteiger partial charge in [0.05, 0.1) is 12.6 Å². The van der Waals surface area contributed by atoms with Crippen molar-refractivity contribution >= 4 is 41.3 Å². The van der Waals surface area contributed by atoms with E-state index >= 15 is 0 Å². The third-order valence-corrected chi connectivity index (χ3v) is 6.03. The van der Waals surface area contributed by atoms with Gasteiger partial charge in [0.15, 0.2) is 5.96 Å². The fraction of sp³-hybridized carbons (Fsp3) is 0.737. The van der Waals surface area contributed by atoms with E-state index in [1.165, 1.54) is 5.56 Å².